The highest BCUT2D eigenvalue weighted by Crippen LogP contribution is 2.68. The minimum absolute atomic E-state index is 0.0840. The number of fused-ring (bicyclic) bond motifs is 5. The molecule has 3 fully saturated rings. The number of carbonyl (C=O) groups excluding carboxylic acids is 1. The Bertz CT molecular complexity index is 860. The number of aliphatic hydroxyl groups is 6. The number of hydrogen-bond donors (Lipinski definition) is 6. The molecule has 7 nitrogen and oxygen atoms in total. The van der Waals surface area contributed by atoms with Crippen molar-refractivity contribution in [1.82, 2.24) is 0 Å². The molecule has 10 atom stereocenters. The number of hydrogen-bond acceptors (Lipinski definition) is 7. The summed E-state index contributed by atoms with van der Waals surface area (Å²) in [7, 11) is 0. The minimum atomic E-state index is -1.46. The van der Waals surface area contributed by atoms with Gasteiger partial charge in [0.05, 0.1) is 41.0 Å². The third-order valence-corrected chi connectivity index (χ3v) is 10.5. The highest BCUT2D eigenvalue weighted by Gasteiger charge is 2.69. The quantitative estimate of drug-likeness (QED) is 0.353. The van der Waals surface area contributed by atoms with Gasteiger partial charge in [-0.15, -0.1) is 0 Å². The van der Waals surface area contributed by atoms with E-state index >= 15 is 0 Å². The van der Waals surface area contributed by atoms with Gasteiger partial charge < -0.3 is 30.6 Å². The molecule has 34 heavy (non-hydrogen) atoms. The van der Waals surface area contributed by atoms with Crippen molar-refractivity contribution in [2.45, 2.75) is 121 Å². The van der Waals surface area contributed by atoms with Crippen LogP contribution >= 0.6 is 0 Å². The zero-order chi connectivity index (χ0) is 25.5. The van der Waals surface area contributed by atoms with E-state index in [9.17, 15) is 35.4 Å². The summed E-state index contributed by atoms with van der Waals surface area (Å²) in [5.74, 6) is -1.39. The van der Waals surface area contributed by atoms with Crippen LogP contribution in [0.2, 0.25) is 0 Å². The van der Waals surface area contributed by atoms with Gasteiger partial charge in [0.25, 0.3) is 0 Å². The summed E-state index contributed by atoms with van der Waals surface area (Å²) in [6.45, 7) is 8.96. The van der Waals surface area contributed by atoms with Crippen LogP contribution in [0, 0.1) is 28.6 Å². The van der Waals surface area contributed by atoms with Crippen LogP contribution in [0.1, 0.15) is 86.0 Å². The van der Waals surface area contributed by atoms with Gasteiger partial charge in [0.15, 0.2) is 5.78 Å². The lowest BCUT2D eigenvalue weighted by Crippen LogP contribution is -2.63. The molecule has 0 saturated heterocycles. The molecule has 0 aromatic rings. The molecule has 4 aliphatic rings. The Morgan fingerprint density at radius 1 is 1.06 bits per heavy atom. The van der Waals surface area contributed by atoms with Crippen molar-refractivity contribution in [3.8, 4) is 0 Å². The first-order valence-corrected chi connectivity index (χ1v) is 13.0. The molecule has 0 bridgehead atoms. The summed E-state index contributed by atoms with van der Waals surface area (Å²) in [6, 6.07) is 0. The lowest BCUT2D eigenvalue weighted by atomic mass is 9.45. The SMILES string of the molecule is CC(C)(O)CCC(O)C(C)(O)C1CCC2(O)C3=CC(=O)C4C(O)C(O)CCC4(C)C3CCC12C. The van der Waals surface area contributed by atoms with Crippen molar-refractivity contribution >= 4 is 5.78 Å². The minimum Gasteiger partial charge on any atom is -0.390 e. The van der Waals surface area contributed by atoms with Gasteiger partial charge in [0.1, 0.15) is 0 Å². The van der Waals surface area contributed by atoms with Gasteiger partial charge in [-0.1, -0.05) is 13.8 Å². The standard InChI is InChI=1S/C27H44O7/c1-23(2,32)10-9-20(30)26(5,33)19-8-13-27(34)16-14-18(29)21-22(31)17(28)7-11-24(21,3)15(16)6-12-25(19,27)4/h14-15,17,19-22,28,30-34H,6-13H2,1-5H3. The van der Waals surface area contributed by atoms with Crippen molar-refractivity contribution in [3.63, 3.8) is 0 Å². The topological polar surface area (TPSA) is 138 Å². The maximum Gasteiger partial charge on any atom is 0.162 e. The van der Waals surface area contributed by atoms with E-state index in [1.807, 2.05) is 13.8 Å². The Balaban J connectivity index is 1.67. The van der Waals surface area contributed by atoms with E-state index in [4.69, 9.17) is 0 Å². The zero-order valence-electron chi connectivity index (χ0n) is 21.3. The van der Waals surface area contributed by atoms with Crippen LogP contribution in [0.3, 0.4) is 0 Å². The van der Waals surface area contributed by atoms with Gasteiger partial charge in [-0.05, 0) is 101 Å². The van der Waals surface area contributed by atoms with E-state index in [0.29, 0.717) is 50.5 Å². The van der Waals surface area contributed by atoms with Crippen LogP contribution in [0.5, 0.6) is 0 Å². The molecule has 10 unspecified atom stereocenters. The van der Waals surface area contributed by atoms with Gasteiger partial charge in [0, 0.05) is 5.41 Å². The first-order chi connectivity index (χ1) is 15.5. The molecule has 4 aliphatic carbocycles. The monoisotopic (exact) mass is 480 g/mol. The molecule has 6 N–H and O–H groups in total. The van der Waals surface area contributed by atoms with E-state index < -0.39 is 51.9 Å². The van der Waals surface area contributed by atoms with Gasteiger partial charge in [-0.2, -0.15) is 0 Å². The fourth-order valence-corrected chi connectivity index (χ4v) is 8.37. The highest BCUT2D eigenvalue weighted by molar-refractivity contribution is 5.95. The molecule has 0 aromatic carbocycles. The van der Waals surface area contributed by atoms with Crippen LogP contribution < -0.4 is 0 Å². The molecule has 0 spiro atoms. The smallest absolute Gasteiger partial charge is 0.162 e. The van der Waals surface area contributed by atoms with Crippen molar-refractivity contribution in [1.29, 1.82) is 0 Å². The second-order valence-electron chi connectivity index (χ2n) is 13.1. The second-order valence-corrected chi connectivity index (χ2v) is 13.1. The zero-order valence-corrected chi connectivity index (χ0v) is 21.3. The van der Waals surface area contributed by atoms with Crippen LogP contribution in [0.4, 0.5) is 0 Å². The average Bonchev–Trinajstić information content (AvgIpc) is 3.01. The van der Waals surface area contributed by atoms with Gasteiger partial charge in [-0.3, -0.25) is 4.79 Å². The molecule has 0 amide bonds. The number of rotatable bonds is 5. The van der Waals surface area contributed by atoms with E-state index in [1.54, 1.807) is 20.8 Å². The molecule has 0 heterocycles. The number of ketones is 1. The lowest BCUT2D eigenvalue weighted by Gasteiger charge is -2.61. The van der Waals surface area contributed by atoms with Crippen molar-refractivity contribution < 1.29 is 35.4 Å². The second kappa shape index (κ2) is 8.09. The summed E-state index contributed by atoms with van der Waals surface area (Å²) in [6.07, 6.45) is 2.30. The molecule has 0 aromatic heterocycles. The number of carbonyl (C=O) groups is 1. The Morgan fingerprint density at radius 3 is 2.32 bits per heavy atom. The van der Waals surface area contributed by atoms with Crippen LogP contribution in [-0.4, -0.2) is 71.5 Å². The Hall–Kier alpha value is -0.830. The van der Waals surface area contributed by atoms with Crippen LogP contribution in [0.25, 0.3) is 0 Å². The van der Waals surface area contributed by atoms with E-state index in [-0.39, 0.29) is 24.0 Å². The van der Waals surface area contributed by atoms with Crippen LogP contribution in [0.15, 0.2) is 11.6 Å². The molecule has 0 radical (unpaired) electrons. The molecule has 3 saturated carbocycles. The Labute approximate surface area is 202 Å². The summed E-state index contributed by atoms with van der Waals surface area (Å²) < 4.78 is 0. The first-order valence-electron chi connectivity index (χ1n) is 13.0. The summed E-state index contributed by atoms with van der Waals surface area (Å²) in [5.41, 5.74) is -4.27. The predicted octanol–water partition coefficient (Wildman–Crippen LogP) is 1.85. The molecule has 7 heteroatoms. The van der Waals surface area contributed by atoms with Crippen LogP contribution in [-0.2, 0) is 4.79 Å². The highest BCUT2D eigenvalue weighted by atomic mass is 16.3. The fraction of sp³-hybridized carbons (Fsp3) is 0.889. The molecule has 0 aliphatic heterocycles. The third-order valence-electron chi connectivity index (χ3n) is 10.5. The van der Waals surface area contributed by atoms with Gasteiger partial charge in [-0.25, -0.2) is 0 Å². The van der Waals surface area contributed by atoms with Gasteiger partial charge >= 0.3 is 0 Å². The summed E-state index contributed by atoms with van der Waals surface area (Å²) in [4.78, 5) is 13.3. The van der Waals surface area contributed by atoms with Crippen molar-refractivity contribution in [3.05, 3.63) is 11.6 Å². The Morgan fingerprint density at radius 2 is 1.71 bits per heavy atom. The molecule has 4 rings (SSSR count). The predicted molar refractivity (Wildman–Crippen MR) is 127 cm³/mol. The Kier molecular flexibility index (Phi) is 6.24. The molecular weight excluding hydrogens is 436 g/mol. The number of allylic oxidation sites excluding steroid dienone is 1. The van der Waals surface area contributed by atoms with Crippen molar-refractivity contribution in [2.24, 2.45) is 28.6 Å². The van der Waals surface area contributed by atoms with E-state index in [0.717, 1.165) is 0 Å². The van der Waals surface area contributed by atoms with E-state index in [2.05, 4.69) is 0 Å². The molecular formula is C27H44O7. The number of aliphatic hydroxyl groups excluding tert-OH is 3. The maximum absolute atomic E-state index is 13.3. The first kappa shape index (κ1) is 26.2. The van der Waals surface area contributed by atoms with E-state index in [1.165, 1.54) is 6.08 Å². The normalized spacial score (nSPS) is 47.2. The summed E-state index contributed by atoms with van der Waals surface area (Å²) in [5, 5.41) is 65.7. The largest absolute Gasteiger partial charge is 0.390 e. The summed E-state index contributed by atoms with van der Waals surface area (Å²) >= 11 is 0. The fourth-order valence-electron chi connectivity index (χ4n) is 8.37. The molecule has 194 valence electrons. The van der Waals surface area contributed by atoms with Crippen molar-refractivity contribution in [2.75, 3.05) is 0 Å². The van der Waals surface area contributed by atoms with Gasteiger partial charge in [0.2, 0.25) is 0 Å². The maximum atomic E-state index is 13.3. The lowest BCUT2D eigenvalue weighted by molar-refractivity contribution is -0.180. The average molecular weight is 481 g/mol. The third kappa shape index (κ3) is 3.65.